The van der Waals surface area contributed by atoms with Gasteiger partial charge in [0.15, 0.2) is 0 Å². The first-order valence-corrected chi connectivity index (χ1v) is 6.56. The third kappa shape index (κ3) is 3.93. The topological polar surface area (TPSA) is 108 Å². The van der Waals surface area contributed by atoms with Crippen LogP contribution in [0.4, 0.5) is 0 Å². The van der Waals surface area contributed by atoms with Crippen LogP contribution in [-0.4, -0.2) is 38.0 Å². The third-order valence-corrected chi connectivity index (χ3v) is 3.14. The summed E-state index contributed by atoms with van der Waals surface area (Å²) >= 11 is 11.5. The highest BCUT2D eigenvalue weighted by molar-refractivity contribution is 6.34. The molecule has 0 radical (unpaired) electrons. The Morgan fingerprint density at radius 3 is 2.71 bits per heavy atom. The number of H-pyrrole nitrogens is 1. The maximum atomic E-state index is 12.1. The lowest BCUT2D eigenvalue weighted by atomic mass is 10.1. The number of hydrogen-bond acceptors (Lipinski definition) is 4. The molecule has 0 saturated carbocycles. The minimum Gasteiger partial charge on any atom is -0.480 e. The van der Waals surface area contributed by atoms with Crippen LogP contribution in [-0.2, 0) is 11.2 Å². The zero-order valence-corrected chi connectivity index (χ0v) is 12.0. The SMILES string of the molecule is O=C(N[C@@H](Cc1cnc[nH]1)C(=O)O)c1ccc(Cl)nc1Cl. The molecule has 2 aromatic heterocycles. The number of nitrogens with one attached hydrogen (secondary N) is 2. The molecule has 0 aliphatic heterocycles. The Morgan fingerprint density at radius 1 is 1.38 bits per heavy atom. The molecule has 0 bridgehead atoms. The van der Waals surface area contributed by atoms with Gasteiger partial charge in [-0.05, 0) is 12.1 Å². The van der Waals surface area contributed by atoms with Gasteiger partial charge in [-0.15, -0.1) is 0 Å². The number of hydrogen-bond donors (Lipinski definition) is 3. The summed E-state index contributed by atoms with van der Waals surface area (Å²) in [5, 5.41) is 11.6. The number of carboxylic acids is 1. The molecule has 0 aliphatic rings. The molecule has 1 amide bonds. The van der Waals surface area contributed by atoms with Gasteiger partial charge in [0.25, 0.3) is 5.91 Å². The van der Waals surface area contributed by atoms with Gasteiger partial charge in [0.05, 0.1) is 11.9 Å². The molecule has 0 unspecified atom stereocenters. The van der Waals surface area contributed by atoms with Crippen LogP contribution >= 0.6 is 23.2 Å². The fourth-order valence-corrected chi connectivity index (χ4v) is 2.06. The van der Waals surface area contributed by atoms with E-state index < -0.39 is 17.9 Å². The van der Waals surface area contributed by atoms with E-state index >= 15 is 0 Å². The molecule has 7 nitrogen and oxygen atoms in total. The van der Waals surface area contributed by atoms with Gasteiger partial charge in [0.2, 0.25) is 0 Å². The lowest BCUT2D eigenvalue weighted by molar-refractivity contribution is -0.139. The number of imidazole rings is 1. The molecule has 21 heavy (non-hydrogen) atoms. The zero-order chi connectivity index (χ0) is 15.4. The Balaban J connectivity index is 2.12. The number of carbonyl (C=O) groups is 2. The highest BCUT2D eigenvalue weighted by Crippen LogP contribution is 2.16. The molecule has 0 aromatic carbocycles. The summed E-state index contributed by atoms with van der Waals surface area (Å²) in [6.07, 6.45) is 2.98. The van der Waals surface area contributed by atoms with E-state index in [4.69, 9.17) is 28.3 Å². The van der Waals surface area contributed by atoms with E-state index in [1.807, 2.05) is 0 Å². The third-order valence-electron chi connectivity index (χ3n) is 2.64. The summed E-state index contributed by atoms with van der Waals surface area (Å²) in [5.41, 5.74) is 0.639. The average Bonchev–Trinajstić information content (AvgIpc) is 2.90. The van der Waals surface area contributed by atoms with Gasteiger partial charge in [-0.1, -0.05) is 23.2 Å². The van der Waals surface area contributed by atoms with Gasteiger partial charge in [-0.25, -0.2) is 14.8 Å². The van der Waals surface area contributed by atoms with Crippen LogP contribution in [0.15, 0.2) is 24.7 Å². The number of carboxylic acid groups (broad SMARTS) is 1. The Hall–Kier alpha value is -2.12. The molecule has 2 heterocycles. The van der Waals surface area contributed by atoms with Crippen molar-refractivity contribution < 1.29 is 14.7 Å². The molecule has 2 rings (SSSR count). The summed E-state index contributed by atoms with van der Waals surface area (Å²) in [7, 11) is 0. The van der Waals surface area contributed by atoms with Crippen molar-refractivity contribution in [2.75, 3.05) is 0 Å². The van der Waals surface area contributed by atoms with Gasteiger partial charge in [-0.2, -0.15) is 0 Å². The first-order valence-electron chi connectivity index (χ1n) is 5.80. The predicted molar refractivity (Wildman–Crippen MR) is 75.4 cm³/mol. The highest BCUT2D eigenvalue weighted by atomic mass is 35.5. The van der Waals surface area contributed by atoms with Crippen molar-refractivity contribution >= 4 is 35.1 Å². The summed E-state index contributed by atoms with van der Waals surface area (Å²) in [5.74, 6) is -1.81. The number of pyridine rings is 1. The second-order valence-corrected chi connectivity index (χ2v) is 4.86. The quantitative estimate of drug-likeness (QED) is 0.721. The fraction of sp³-hybridized carbons (Fsp3) is 0.167. The predicted octanol–water partition coefficient (Wildman–Crippen LogP) is 1.54. The number of rotatable bonds is 5. The number of halogens is 2. The van der Waals surface area contributed by atoms with Crippen molar-refractivity contribution in [3.05, 3.63) is 46.2 Å². The first-order chi connectivity index (χ1) is 9.97. The smallest absolute Gasteiger partial charge is 0.326 e. The van der Waals surface area contributed by atoms with Gasteiger partial charge in [0, 0.05) is 18.3 Å². The highest BCUT2D eigenvalue weighted by Gasteiger charge is 2.23. The largest absolute Gasteiger partial charge is 0.480 e. The Kier molecular flexibility index (Phi) is 4.77. The Labute approximate surface area is 129 Å². The maximum absolute atomic E-state index is 12.1. The van der Waals surface area contributed by atoms with Gasteiger partial charge < -0.3 is 15.4 Å². The number of amides is 1. The van der Waals surface area contributed by atoms with Crippen LogP contribution in [0.1, 0.15) is 16.1 Å². The average molecular weight is 329 g/mol. The zero-order valence-electron chi connectivity index (χ0n) is 10.5. The van der Waals surface area contributed by atoms with Crippen LogP contribution < -0.4 is 5.32 Å². The molecule has 110 valence electrons. The molecule has 3 N–H and O–H groups in total. The van der Waals surface area contributed by atoms with Crippen LogP contribution in [0.25, 0.3) is 0 Å². The molecule has 0 saturated heterocycles. The number of aromatic nitrogens is 3. The molecule has 1 atom stereocenters. The second-order valence-electron chi connectivity index (χ2n) is 4.12. The standard InChI is InChI=1S/C12H10Cl2N4O3/c13-9-2-1-7(10(14)18-9)11(19)17-8(12(20)21)3-6-4-15-5-16-6/h1-2,4-5,8H,3H2,(H,15,16)(H,17,19)(H,20,21)/t8-/m0/s1. The van der Waals surface area contributed by atoms with Crippen LogP contribution in [0.3, 0.4) is 0 Å². The van der Waals surface area contributed by atoms with Crippen molar-refractivity contribution in [3.8, 4) is 0 Å². The van der Waals surface area contributed by atoms with Crippen molar-refractivity contribution in [2.24, 2.45) is 0 Å². The molecule has 0 spiro atoms. The normalized spacial score (nSPS) is 11.9. The molecular formula is C12H10Cl2N4O3. The van der Waals surface area contributed by atoms with E-state index in [-0.39, 0.29) is 22.3 Å². The first kappa shape index (κ1) is 15.3. The molecule has 2 aromatic rings. The van der Waals surface area contributed by atoms with Crippen molar-refractivity contribution in [3.63, 3.8) is 0 Å². The van der Waals surface area contributed by atoms with E-state index in [0.29, 0.717) is 5.69 Å². The Bertz CT molecular complexity index is 661. The van der Waals surface area contributed by atoms with E-state index in [0.717, 1.165) is 0 Å². The lowest BCUT2D eigenvalue weighted by Gasteiger charge is -2.14. The van der Waals surface area contributed by atoms with Crippen molar-refractivity contribution in [2.45, 2.75) is 12.5 Å². The van der Waals surface area contributed by atoms with Gasteiger partial charge in [-0.3, -0.25) is 4.79 Å². The number of carbonyl (C=O) groups excluding carboxylic acids is 1. The summed E-state index contributed by atoms with van der Waals surface area (Å²) in [4.78, 5) is 33.6. The van der Waals surface area contributed by atoms with Crippen molar-refractivity contribution in [1.29, 1.82) is 0 Å². The molecular weight excluding hydrogens is 319 g/mol. The monoisotopic (exact) mass is 328 g/mol. The number of aromatic amines is 1. The molecule has 9 heteroatoms. The van der Waals surface area contributed by atoms with Crippen molar-refractivity contribution in [1.82, 2.24) is 20.3 Å². The fourth-order valence-electron chi connectivity index (χ4n) is 1.63. The second kappa shape index (κ2) is 6.55. The summed E-state index contributed by atoms with van der Waals surface area (Å²) in [6.45, 7) is 0. The number of aliphatic carboxylic acids is 1. The van der Waals surface area contributed by atoms with Crippen LogP contribution in [0.2, 0.25) is 10.3 Å². The van der Waals surface area contributed by atoms with Gasteiger partial charge >= 0.3 is 5.97 Å². The Morgan fingerprint density at radius 2 is 2.14 bits per heavy atom. The molecule has 0 aliphatic carbocycles. The van der Waals surface area contributed by atoms with E-state index in [9.17, 15) is 9.59 Å². The lowest BCUT2D eigenvalue weighted by Crippen LogP contribution is -2.42. The minimum atomic E-state index is -1.17. The van der Waals surface area contributed by atoms with Crippen LogP contribution in [0, 0.1) is 0 Å². The van der Waals surface area contributed by atoms with Crippen LogP contribution in [0.5, 0.6) is 0 Å². The maximum Gasteiger partial charge on any atom is 0.326 e. The molecule has 0 fully saturated rings. The van der Waals surface area contributed by atoms with E-state index in [1.165, 1.54) is 24.7 Å². The van der Waals surface area contributed by atoms with Gasteiger partial charge in [0.1, 0.15) is 16.3 Å². The van der Waals surface area contributed by atoms with E-state index in [2.05, 4.69) is 20.3 Å². The summed E-state index contributed by atoms with van der Waals surface area (Å²) < 4.78 is 0. The summed E-state index contributed by atoms with van der Waals surface area (Å²) in [6, 6.07) is 1.65. The number of nitrogens with zero attached hydrogens (tertiary/aromatic N) is 2. The van der Waals surface area contributed by atoms with E-state index in [1.54, 1.807) is 0 Å². The minimum absolute atomic E-state index is 0.0527.